The summed E-state index contributed by atoms with van der Waals surface area (Å²) in [6, 6.07) is 16.5. The van der Waals surface area contributed by atoms with Gasteiger partial charge in [-0.05, 0) is 22.3 Å². The molecule has 2 aromatic rings. The summed E-state index contributed by atoms with van der Waals surface area (Å²) in [5, 5.41) is 2.67. The second kappa shape index (κ2) is 8.62. The number of hydrogen-bond acceptors (Lipinski definition) is 5. The van der Waals surface area contributed by atoms with Gasteiger partial charge in [-0.3, -0.25) is 0 Å². The molecule has 0 aromatic heterocycles. The van der Waals surface area contributed by atoms with Gasteiger partial charge in [-0.2, -0.15) is 0 Å². The third-order valence-electron chi connectivity index (χ3n) is 4.20. The van der Waals surface area contributed by atoms with Gasteiger partial charge >= 0.3 is 6.09 Å². The molecule has 6 heteroatoms. The number of hydrogen-bond donors (Lipinski definition) is 2. The molecule has 0 aliphatic heterocycles. The lowest BCUT2D eigenvalue weighted by molar-refractivity contribution is 0.0483. The molecule has 2 aromatic carbocycles. The first kappa shape index (κ1) is 17.4. The van der Waals surface area contributed by atoms with Crippen LogP contribution in [-0.2, 0) is 14.3 Å². The first-order valence-electron chi connectivity index (χ1n) is 8.29. The highest BCUT2D eigenvalue weighted by molar-refractivity contribution is 5.79. The van der Waals surface area contributed by atoms with Gasteiger partial charge in [0.1, 0.15) is 6.61 Å². The van der Waals surface area contributed by atoms with Crippen LogP contribution >= 0.6 is 0 Å². The third-order valence-corrected chi connectivity index (χ3v) is 4.20. The quantitative estimate of drug-likeness (QED) is 0.569. The molecule has 1 amide bonds. The maximum atomic E-state index is 11.9. The maximum Gasteiger partial charge on any atom is 0.407 e. The Bertz CT molecular complexity index is 675. The Balaban J connectivity index is 1.52. The van der Waals surface area contributed by atoms with Gasteiger partial charge in [0.2, 0.25) is 0 Å². The number of benzene rings is 2. The molecule has 0 saturated carbocycles. The predicted octanol–water partition coefficient (Wildman–Crippen LogP) is 2.43. The van der Waals surface area contributed by atoms with E-state index >= 15 is 0 Å². The van der Waals surface area contributed by atoms with Gasteiger partial charge in [-0.1, -0.05) is 48.5 Å². The van der Waals surface area contributed by atoms with E-state index in [1.165, 1.54) is 22.3 Å². The largest absolute Gasteiger partial charge is 0.449 e. The van der Waals surface area contributed by atoms with Crippen LogP contribution in [0.2, 0.25) is 0 Å². The number of carbonyl (C=O) groups is 1. The number of nitrogens with one attached hydrogen (secondary N) is 1. The van der Waals surface area contributed by atoms with Gasteiger partial charge in [0.05, 0.1) is 19.8 Å². The fraction of sp³-hybridized carbons (Fsp3) is 0.316. The average Bonchev–Trinajstić information content (AvgIpc) is 2.97. The van der Waals surface area contributed by atoms with Gasteiger partial charge in [0, 0.05) is 12.5 Å². The van der Waals surface area contributed by atoms with E-state index in [-0.39, 0.29) is 5.92 Å². The van der Waals surface area contributed by atoms with E-state index in [9.17, 15) is 4.79 Å². The van der Waals surface area contributed by atoms with Gasteiger partial charge < -0.3 is 19.6 Å². The Morgan fingerprint density at radius 3 is 2.24 bits per heavy atom. The van der Waals surface area contributed by atoms with Crippen molar-refractivity contribution in [2.45, 2.75) is 5.92 Å². The predicted molar refractivity (Wildman–Crippen MR) is 94.0 cm³/mol. The zero-order valence-electron chi connectivity index (χ0n) is 13.9. The molecule has 25 heavy (non-hydrogen) atoms. The molecule has 3 N–H and O–H groups in total. The Kier molecular flexibility index (Phi) is 6.00. The van der Waals surface area contributed by atoms with Crippen molar-refractivity contribution in [2.75, 3.05) is 33.0 Å². The van der Waals surface area contributed by atoms with E-state index in [2.05, 4.69) is 34.4 Å². The minimum absolute atomic E-state index is 0.0658. The van der Waals surface area contributed by atoms with Crippen LogP contribution in [0.3, 0.4) is 0 Å². The lowest BCUT2D eigenvalue weighted by atomic mass is 9.98. The van der Waals surface area contributed by atoms with Gasteiger partial charge in [-0.25, -0.2) is 10.7 Å². The van der Waals surface area contributed by atoms with E-state index in [1.807, 2.05) is 24.3 Å². The summed E-state index contributed by atoms with van der Waals surface area (Å²) < 4.78 is 10.6. The number of rotatable bonds is 8. The fourth-order valence-corrected chi connectivity index (χ4v) is 3.08. The highest BCUT2D eigenvalue weighted by Crippen LogP contribution is 2.44. The highest BCUT2D eigenvalue weighted by Gasteiger charge is 2.28. The molecule has 0 spiro atoms. The molecule has 3 rings (SSSR count). The van der Waals surface area contributed by atoms with Crippen LogP contribution in [0, 0.1) is 0 Å². The maximum absolute atomic E-state index is 11.9. The van der Waals surface area contributed by atoms with Gasteiger partial charge in [-0.15, -0.1) is 0 Å². The standard InChI is InChI=1S/C19H22N2O4/c20-25-12-11-23-10-9-21-19(22)24-13-18-16-7-3-1-5-14(16)15-6-2-4-8-17(15)18/h1-8,18H,9-13,20H2,(H,21,22). The van der Waals surface area contributed by atoms with Crippen LogP contribution in [0.25, 0.3) is 11.1 Å². The van der Waals surface area contributed by atoms with E-state index in [4.69, 9.17) is 15.4 Å². The first-order chi connectivity index (χ1) is 12.3. The lowest BCUT2D eigenvalue weighted by Crippen LogP contribution is -2.29. The normalized spacial score (nSPS) is 12.5. The Morgan fingerprint density at radius 1 is 0.960 bits per heavy atom. The van der Waals surface area contributed by atoms with E-state index in [0.717, 1.165) is 0 Å². The van der Waals surface area contributed by atoms with E-state index in [0.29, 0.717) is 33.0 Å². The van der Waals surface area contributed by atoms with E-state index in [1.54, 1.807) is 0 Å². The average molecular weight is 342 g/mol. The number of amides is 1. The Labute approximate surface area is 146 Å². The molecular weight excluding hydrogens is 320 g/mol. The van der Waals surface area contributed by atoms with Gasteiger partial charge in [0.25, 0.3) is 0 Å². The second-order valence-electron chi connectivity index (χ2n) is 5.74. The van der Waals surface area contributed by atoms with Crippen LogP contribution in [-0.4, -0.2) is 39.1 Å². The van der Waals surface area contributed by atoms with Crippen LogP contribution in [0.5, 0.6) is 0 Å². The highest BCUT2D eigenvalue weighted by atomic mass is 16.6. The second-order valence-corrected chi connectivity index (χ2v) is 5.74. The summed E-state index contributed by atoms with van der Waals surface area (Å²) in [6.07, 6.45) is -0.444. The summed E-state index contributed by atoms with van der Waals surface area (Å²) in [4.78, 5) is 16.3. The van der Waals surface area contributed by atoms with E-state index < -0.39 is 6.09 Å². The molecule has 6 nitrogen and oxygen atoms in total. The monoisotopic (exact) mass is 342 g/mol. The fourth-order valence-electron chi connectivity index (χ4n) is 3.08. The van der Waals surface area contributed by atoms with Crippen LogP contribution in [0.15, 0.2) is 48.5 Å². The van der Waals surface area contributed by atoms with Crippen molar-refractivity contribution in [3.05, 3.63) is 59.7 Å². The van der Waals surface area contributed by atoms with Crippen LogP contribution < -0.4 is 11.2 Å². The number of alkyl carbamates (subject to hydrolysis) is 1. The third kappa shape index (κ3) is 4.17. The minimum atomic E-state index is -0.444. The number of carbonyl (C=O) groups excluding carboxylic acids is 1. The van der Waals surface area contributed by atoms with Crippen molar-refractivity contribution in [3.63, 3.8) is 0 Å². The van der Waals surface area contributed by atoms with Crippen LogP contribution in [0.4, 0.5) is 4.79 Å². The summed E-state index contributed by atoms with van der Waals surface area (Å²) in [6.45, 7) is 1.78. The van der Waals surface area contributed by atoms with Crippen molar-refractivity contribution in [1.29, 1.82) is 0 Å². The summed E-state index contributed by atoms with van der Waals surface area (Å²) >= 11 is 0. The zero-order chi connectivity index (χ0) is 17.5. The Morgan fingerprint density at radius 2 is 1.60 bits per heavy atom. The molecule has 1 aliphatic rings. The van der Waals surface area contributed by atoms with Crippen molar-refractivity contribution < 1.29 is 19.1 Å². The van der Waals surface area contributed by atoms with Crippen molar-refractivity contribution in [1.82, 2.24) is 5.32 Å². The first-order valence-corrected chi connectivity index (χ1v) is 8.29. The molecule has 0 bridgehead atoms. The minimum Gasteiger partial charge on any atom is -0.449 e. The summed E-state index contributed by atoms with van der Waals surface area (Å²) in [7, 11) is 0. The number of fused-ring (bicyclic) bond motifs is 3. The van der Waals surface area contributed by atoms with Crippen molar-refractivity contribution in [2.24, 2.45) is 5.90 Å². The molecule has 0 saturated heterocycles. The molecule has 1 aliphatic carbocycles. The molecule has 132 valence electrons. The topological polar surface area (TPSA) is 82.8 Å². The van der Waals surface area contributed by atoms with Crippen molar-refractivity contribution in [3.8, 4) is 11.1 Å². The zero-order valence-corrected chi connectivity index (χ0v) is 13.9. The smallest absolute Gasteiger partial charge is 0.407 e. The molecule has 0 heterocycles. The molecular formula is C19H22N2O4. The summed E-state index contributed by atoms with van der Waals surface area (Å²) in [5.74, 6) is 4.95. The molecule has 0 radical (unpaired) electrons. The summed E-state index contributed by atoms with van der Waals surface area (Å²) in [5.41, 5.74) is 4.81. The van der Waals surface area contributed by atoms with Crippen molar-refractivity contribution >= 4 is 6.09 Å². The SMILES string of the molecule is NOCCOCCNC(=O)OCC1c2ccccc2-c2ccccc21. The molecule has 0 fully saturated rings. The molecule has 0 atom stereocenters. The van der Waals surface area contributed by atoms with Gasteiger partial charge in [0.15, 0.2) is 0 Å². The lowest BCUT2D eigenvalue weighted by Gasteiger charge is -2.14. The Hall–Kier alpha value is -2.41. The number of ether oxygens (including phenoxy) is 2. The molecule has 0 unspecified atom stereocenters. The van der Waals surface area contributed by atoms with Crippen LogP contribution in [0.1, 0.15) is 17.0 Å². The number of nitrogens with two attached hydrogens (primary N) is 1.